The second-order valence-corrected chi connectivity index (χ2v) is 0.802. The Hall–Kier alpha value is -1.06. The van der Waals surface area contributed by atoms with Crippen LogP contribution in [-0.2, 0) is 0 Å². The van der Waals surface area contributed by atoms with Crippen LogP contribution in [0.3, 0.4) is 0 Å². The van der Waals surface area contributed by atoms with Gasteiger partial charge in [-0.05, 0) is 11.3 Å². The van der Waals surface area contributed by atoms with Gasteiger partial charge in [0.1, 0.15) is 6.54 Å². The van der Waals surface area contributed by atoms with Gasteiger partial charge in [0.25, 0.3) is 0 Å². The Balaban J connectivity index is 3.08. The van der Waals surface area contributed by atoms with E-state index in [1.54, 1.807) is 0 Å². The van der Waals surface area contributed by atoms with Crippen molar-refractivity contribution in [3.05, 3.63) is 22.1 Å². The fourth-order valence-corrected chi connectivity index (χ4v) is 0.133. The molecule has 0 aromatic rings. The summed E-state index contributed by atoms with van der Waals surface area (Å²) in [5.74, 6) is 0. The summed E-state index contributed by atoms with van der Waals surface area (Å²) in [5, 5.41) is 4.78. The maximum Gasteiger partial charge on any atom is 0.101 e. The maximum atomic E-state index is 9.23. The number of rotatable bonds is 3. The van der Waals surface area contributed by atoms with E-state index in [2.05, 4.69) is 10.4 Å². The van der Waals surface area contributed by atoms with Crippen LogP contribution in [0, 0.1) is 9.81 Å². The summed E-state index contributed by atoms with van der Waals surface area (Å²) >= 11 is 0. The van der Waals surface area contributed by atoms with Crippen molar-refractivity contribution in [2.75, 3.05) is 6.54 Å². The second kappa shape index (κ2) is 4.94. The first-order valence-corrected chi connectivity index (χ1v) is 1.68. The SMILES string of the molecule is O=N/C=C/CN=O. The molecule has 0 N–H and O–H groups in total. The molecule has 0 aromatic heterocycles. The molecule has 0 aliphatic rings. The van der Waals surface area contributed by atoms with Crippen LogP contribution in [0.4, 0.5) is 0 Å². The lowest BCUT2D eigenvalue weighted by Gasteiger charge is -1.64. The predicted octanol–water partition coefficient (Wildman–Crippen LogP) is 1.03. The molecular formula is C3H4N2O2. The third kappa shape index (κ3) is 4.94. The van der Waals surface area contributed by atoms with E-state index in [4.69, 9.17) is 0 Å². The summed E-state index contributed by atoms with van der Waals surface area (Å²) in [4.78, 5) is 18.4. The average Bonchev–Trinajstić information content (AvgIpc) is 1.69. The second-order valence-electron chi connectivity index (χ2n) is 0.802. The van der Waals surface area contributed by atoms with Crippen molar-refractivity contribution >= 4 is 0 Å². The van der Waals surface area contributed by atoms with Gasteiger partial charge >= 0.3 is 0 Å². The molecule has 38 valence electrons. The average molecular weight is 100 g/mol. The van der Waals surface area contributed by atoms with E-state index in [9.17, 15) is 9.81 Å². The summed E-state index contributed by atoms with van der Waals surface area (Å²) < 4.78 is 0. The standard InChI is InChI=1S/C3H4N2O2/c6-4-2-1-3-5-7/h1-2H,3H2/b2-1+. The molecule has 0 bridgehead atoms. The lowest BCUT2D eigenvalue weighted by Crippen LogP contribution is -1.62. The van der Waals surface area contributed by atoms with Crippen LogP contribution in [0.15, 0.2) is 22.6 Å². The van der Waals surface area contributed by atoms with Crippen molar-refractivity contribution in [2.24, 2.45) is 10.4 Å². The normalized spacial score (nSPS) is 9.14. The molecule has 0 fully saturated rings. The fraction of sp³-hybridized carbons (Fsp3) is 0.333. The van der Waals surface area contributed by atoms with Crippen LogP contribution in [-0.4, -0.2) is 6.54 Å². The van der Waals surface area contributed by atoms with E-state index < -0.39 is 0 Å². The van der Waals surface area contributed by atoms with E-state index in [1.165, 1.54) is 6.08 Å². The summed E-state index contributed by atoms with van der Waals surface area (Å²) in [6.45, 7) is 0.0196. The maximum absolute atomic E-state index is 9.23. The molecule has 4 heteroatoms. The third-order valence-electron chi connectivity index (χ3n) is 0.346. The Kier molecular flexibility index (Phi) is 4.19. The van der Waals surface area contributed by atoms with Crippen LogP contribution < -0.4 is 0 Å². The molecule has 0 unspecified atom stereocenters. The lowest BCUT2D eigenvalue weighted by atomic mass is 10.6. The zero-order chi connectivity index (χ0) is 5.54. The highest BCUT2D eigenvalue weighted by molar-refractivity contribution is 4.80. The number of hydrogen-bond acceptors (Lipinski definition) is 4. The van der Waals surface area contributed by atoms with E-state index >= 15 is 0 Å². The van der Waals surface area contributed by atoms with Crippen LogP contribution >= 0.6 is 0 Å². The van der Waals surface area contributed by atoms with Crippen LogP contribution in [0.25, 0.3) is 0 Å². The first kappa shape index (κ1) is 5.94. The van der Waals surface area contributed by atoms with E-state index in [-0.39, 0.29) is 6.54 Å². The van der Waals surface area contributed by atoms with Crippen LogP contribution in [0.5, 0.6) is 0 Å². The minimum Gasteiger partial charge on any atom is -0.150 e. The van der Waals surface area contributed by atoms with Gasteiger partial charge in [0.15, 0.2) is 0 Å². The largest absolute Gasteiger partial charge is 0.150 e. The van der Waals surface area contributed by atoms with Gasteiger partial charge in [-0.15, -0.1) is 4.91 Å². The first-order chi connectivity index (χ1) is 3.41. The van der Waals surface area contributed by atoms with Crippen molar-refractivity contribution in [3.63, 3.8) is 0 Å². The highest BCUT2D eigenvalue weighted by Gasteiger charge is 1.67. The van der Waals surface area contributed by atoms with Gasteiger partial charge in [-0.2, -0.15) is 4.91 Å². The van der Waals surface area contributed by atoms with E-state index in [0.717, 1.165) is 6.20 Å². The van der Waals surface area contributed by atoms with Gasteiger partial charge in [-0.25, -0.2) is 0 Å². The minimum absolute atomic E-state index is 0.0196. The lowest BCUT2D eigenvalue weighted by molar-refractivity contribution is 1.21. The molecule has 4 nitrogen and oxygen atoms in total. The third-order valence-corrected chi connectivity index (χ3v) is 0.346. The Bertz CT molecular complexity index is 88.9. The Labute approximate surface area is 40.2 Å². The first-order valence-electron chi connectivity index (χ1n) is 1.68. The molecule has 0 aliphatic carbocycles. The molecule has 0 atom stereocenters. The molecule has 0 heterocycles. The molecule has 0 saturated carbocycles. The molecule has 0 saturated heterocycles. The Morgan fingerprint density at radius 2 is 2.14 bits per heavy atom. The van der Waals surface area contributed by atoms with Gasteiger partial charge in [-0.1, -0.05) is 5.18 Å². The molecule has 0 rings (SSSR count). The minimum atomic E-state index is 0.0196. The Morgan fingerprint density at radius 1 is 1.43 bits per heavy atom. The van der Waals surface area contributed by atoms with Crippen molar-refractivity contribution in [3.8, 4) is 0 Å². The fourth-order valence-electron chi connectivity index (χ4n) is 0.133. The van der Waals surface area contributed by atoms with E-state index in [0.29, 0.717) is 0 Å². The molecule has 0 spiro atoms. The number of nitroso groups, excluding NO2 is 2. The zero-order valence-corrected chi connectivity index (χ0v) is 3.57. The number of hydrogen-bond donors (Lipinski definition) is 0. The van der Waals surface area contributed by atoms with Gasteiger partial charge in [0.2, 0.25) is 0 Å². The van der Waals surface area contributed by atoms with Crippen LogP contribution in [0.1, 0.15) is 0 Å². The van der Waals surface area contributed by atoms with Crippen molar-refractivity contribution in [1.29, 1.82) is 0 Å². The molecule has 0 radical (unpaired) electrons. The monoisotopic (exact) mass is 100 g/mol. The molecular weight excluding hydrogens is 96.0 g/mol. The molecule has 0 amide bonds. The van der Waals surface area contributed by atoms with Crippen LogP contribution in [0.2, 0.25) is 0 Å². The highest BCUT2D eigenvalue weighted by atomic mass is 16.3. The molecule has 7 heavy (non-hydrogen) atoms. The molecule has 0 aliphatic heterocycles. The zero-order valence-electron chi connectivity index (χ0n) is 3.57. The van der Waals surface area contributed by atoms with E-state index in [1.807, 2.05) is 0 Å². The van der Waals surface area contributed by atoms with Crippen molar-refractivity contribution < 1.29 is 0 Å². The summed E-state index contributed by atoms with van der Waals surface area (Å²) in [6, 6.07) is 0. The quantitative estimate of drug-likeness (QED) is 0.497. The smallest absolute Gasteiger partial charge is 0.101 e. The van der Waals surface area contributed by atoms with Gasteiger partial charge in [0, 0.05) is 0 Å². The number of nitrogens with zero attached hydrogens (tertiary/aromatic N) is 2. The predicted molar refractivity (Wildman–Crippen MR) is 25.6 cm³/mol. The topological polar surface area (TPSA) is 58.9 Å². The summed E-state index contributed by atoms with van der Waals surface area (Å²) in [5.41, 5.74) is 0. The van der Waals surface area contributed by atoms with Crippen molar-refractivity contribution in [2.45, 2.75) is 0 Å². The Morgan fingerprint density at radius 3 is 2.57 bits per heavy atom. The van der Waals surface area contributed by atoms with Crippen molar-refractivity contribution in [1.82, 2.24) is 0 Å². The van der Waals surface area contributed by atoms with Gasteiger partial charge in [0.05, 0.1) is 6.20 Å². The summed E-state index contributed by atoms with van der Waals surface area (Å²) in [6.07, 6.45) is 2.27. The molecule has 0 aromatic carbocycles. The van der Waals surface area contributed by atoms with Gasteiger partial charge in [-0.3, -0.25) is 0 Å². The van der Waals surface area contributed by atoms with Gasteiger partial charge < -0.3 is 0 Å². The summed E-state index contributed by atoms with van der Waals surface area (Å²) in [7, 11) is 0. The highest BCUT2D eigenvalue weighted by Crippen LogP contribution is 1.72.